The van der Waals surface area contributed by atoms with Gasteiger partial charge in [0.05, 0.1) is 12.6 Å². The predicted molar refractivity (Wildman–Crippen MR) is 98.4 cm³/mol. The second-order valence-electron chi connectivity index (χ2n) is 6.59. The van der Waals surface area contributed by atoms with Gasteiger partial charge in [-0.15, -0.1) is 0 Å². The smallest absolute Gasteiger partial charge is 0.330 e. The molecule has 0 saturated carbocycles. The van der Waals surface area contributed by atoms with E-state index in [0.29, 0.717) is 0 Å². The van der Waals surface area contributed by atoms with Gasteiger partial charge in [-0.05, 0) is 12.0 Å². The van der Waals surface area contributed by atoms with Crippen molar-refractivity contribution in [1.29, 1.82) is 0 Å². The maximum Gasteiger partial charge on any atom is 0.330 e. The highest BCUT2D eigenvalue weighted by atomic mass is 16.5. The summed E-state index contributed by atoms with van der Waals surface area (Å²) in [5.74, 6) is -0.544. The summed E-state index contributed by atoms with van der Waals surface area (Å²) in [6.07, 6.45) is -1.93. The molecule has 2 aromatic rings. The summed E-state index contributed by atoms with van der Waals surface area (Å²) in [6, 6.07) is 8.37. The molecule has 2 heterocycles. The fourth-order valence-corrected chi connectivity index (χ4v) is 3.15. The number of nitrogens with zero attached hydrogens (tertiary/aromatic N) is 1. The van der Waals surface area contributed by atoms with E-state index in [1.807, 2.05) is 30.3 Å². The third-order valence-corrected chi connectivity index (χ3v) is 4.62. The Hall–Kier alpha value is -2.79. The second kappa shape index (κ2) is 8.48. The standard InChI is InChI=1S/C18H22N4O6/c19-11(8-10-4-2-1-3-5-10)16(26)21-14-15(25)12(9-23)28-17(14)22-7-6-13(24)20-18(22)27/h1-7,11-12,14-15,17,23,25H,8-9,19H2,(H,21,26)(H,20,24,27). The SMILES string of the molecule is NC(Cc1ccccc1)C(=O)NC1C(O)C(CO)OC1n1ccc(=O)[nH]c1=O. The van der Waals surface area contributed by atoms with E-state index in [1.54, 1.807) is 0 Å². The van der Waals surface area contributed by atoms with Crippen LogP contribution in [0, 0.1) is 0 Å². The average Bonchev–Trinajstić information content (AvgIpc) is 2.98. The maximum absolute atomic E-state index is 12.5. The summed E-state index contributed by atoms with van der Waals surface area (Å²) in [7, 11) is 0. The number of aliphatic hydroxyl groups excluding tert-OH is 2. The molecule has 0 bridgehead atoms. The lowest BCUT2D eigenvalue weighted by atomic mass is 10.0. The van der Waals surface area contributed by atoms with E-state index in [1.165, 1.54) is 6.20 Å². The molecule has 1 saturated heterocycles. The number of benzene rings is 1. The van der Waals surface area contributed by atoms with Crippen LogP contribution in [-0.4, -0.2) is 56.6 Å². The molecule has 1 amide bonds. The molecule has 6 N–H and O–H groups in total. The number of aromatic amines is 1. The summed E-state index contributed by atoms with van der Waals surface area (Å²) in [6.45, 7) is -0.516. The van der Waals surface area contributed by atoms with Crippen molar-refractivity contribution in [3.63, 3.8) is 0 Å². The zero-order chi connectivity index (χ0) is 20.3. The van der Waals surface area contributed by atoms with Crippen LogP contribution in [0.15, 0.2) is 52.2 Å². The van der Waals surface area contributed by atoms with E-state index in [4.69, 9.17) is 10.5 Å². The quantitative estimate of drug-likeness (QED) is 0.376. The number of nitrogens with two attached hydrogens (primary N) is 1. The molecule has 5 unspecified atom stereocenters. The maximum atomic E-state index is 12.5. The van der Waals surface area contributed by atoms with Crippen LogP contribution < -0.4 is 22.3 Å². The number of H-pyrrole nitrogens is 1. The first-order chi connectivity index (χ1) is 13.4. The van der Waals surface area contributed by atoms with Crippen molar-refractivity contribution >= 4 is 5.91 Å². The molecule has 10 nitrogen and oxygen atoms in total. The monoisotopic (exact) mass is 390 g/mol. The topological polar surface area (TPSA) is 160 Å². The van der Waals surface area contributed by atoms with Gasteiger partial charge in [-0.3, -0.25) is 19.1 Å². The van der Waals surface area contributed by atoms with Crippen LogP contribution in [0.4, 0.5) is 0 Å². The number of nitrogens with one attached hydrogen (secondary N) is 2. The fourth-order valence-electron chi connectivity index (χ4n) is 3.15. The molecule has 10 heteroatoms. The molecular weight excluding hydrogens is 368 g/mol. The number of carbonyl (C=O) groups excluding carboxylic acids is 1. The van der Waals surface area contributed by atoms with Gasteiger partial charge in [0.15, 0.2) is 6.23 Å². The van der Waals surface area contributed by atoms with Crippen molar-refractivity contribution in [2.75, 3.05) is 6.61 Å². The zero-order valence-corrected chi connectivity index (χ0v) is 14.9. The Morgan fingerprint density at radius 2 is 2.00 bits per heavy atom. The van der Waals surface area contributed by atoms with Crippen molar-refractivity contribution in [3.05, 3.63) is 69.0 Å². The van der Waals surface area contributed by atoms with Crippen LogP contribution in [0.5, 0.6) is 0 Å². The third-order valence-electron chi connectivity index (χ3n) is 4.62. The van der Waals surface area contributed by atoms with Crippen LogP contribution in [0.1, 0.15) is 11.8 Å². The summed E-state index contributed by atoms with van der Waals surface area (Å²) in [5, 5.41) is 22.4. The normalized spacial score (nSPS) is 25.4. The minimum atomic E-state index is -1.28. The number of amides is 1. The fraction of sp³-hybridized carbons (Fsp3) is 0.389. The Morgan fingerprint density at radius 1 is 1.29 bits per heavy atom. The average molecular weight is 390 g/mol. The number of hydrogen-bond acceptors (Lipinski definition) is 7. The molecule has 5 atom stereocenters. The molecule has 0 radical (unpaired) electrons. The molecule has 1 aromatic heterocycles. The molecule has 0 aliphatic carbocycles. The first-order valence-corrected chi connectivity index (χ1v) is 8.76. The lowest BCUT2D eigenvalue weighted by Gasteiger charge is -2.24. The number of rotatable bonds is 6. The molecule has 1 fully saturated rings. The van der Waals surface area contributed by atoms with Gasteiger partial charge < -0.3 is 26.0 Å². The summed E-state index contributed by atoms with van der Waals surface area (Å²) in [4.78, 5) is 38.0. The first kappa shape index (κ1) is 20.0. The first-order valence-electron chi connectivity index (χ1n) is 8.76. The van der Waals surface area contributed by atoms with Crippen LogP contribution in [0.2, 0.25) is 0 Å². The highest BCUT2D eigenvalue weighted by Crippen LogP contribution is 2.28. The van der Waals surface area contributed by atoms with Gasteiger partial charge in [0.25, 0.3) is 5.56 Å². The number of ether oxygens (including phenoxy) is 1. The van der Waals surface area contributed by atoms with Gasteiger partial charge in [-0.1, -0.05) is 30.3 Å². The summed E-state index contributed by atoms with van der Waals surface area (Å²) in [5.41, 5.74) is 5.48. The van der Waals surface area contributed by atoms with E-state index in [2.05, 4.69) is 10.3 Å². The Kier molecular flexibility index (Phi) is 6.05. The largest absolute Gasteiger partial charge is 0.394 e. The highest BCUT2D eigenvalue weighted by molar-refractivity contribution is 5.82. The zero-order valence-electron chi connectivity index (χ0n) is 14.9. The molecule has 28 heavy (non-hydrogen) atoms. The lowest BCUT2D eigenvalue weighted by Crippen LogP contribution is -2.53. The van der Waals surface area contributed by atoms with Crippen molar-refractivity contribution in [2.45, 2.75) is 36.9 Å². The van der Waals surface area contributed by atoms with Crippen molar-refractivity contribution in [3.8, 4) is 0 Å². The molecule has 0 spiro atoms. The van der Waals surface area contributed by atoms with Gasteiger partial charge >= 0.3 is 5.69 Å². The number of hydrogen-bond donors (Lipinski definition) is 5. The van der Waals surface area contributed by atoms with Crippen LogP contribution in [0.25, 0.3) is 0 Å². The minimum absolute atomic E-state index is 0.281. The van der Waals surface area contributed by atoms with E-state index in [-0.39, 0.29) is 6.42 Å². The van der Waals surface area contributed by atoms with Gasteiger partial charge in [-0.25, -0.2) is 4.79 Å². The van der Waals surface area contributed by atoms with Gasteiger partial charge in [-0.2, -0.15) is 0 Å². The molecule has 1 aliphatic rings. The number of aliphatic hydroxyl groups is 2. The van der Waals surface area contributed by atoms with E-state index >= 15 is 0 Å². The molecule has 1 aromatic carbocycles. The van der Waals surface area contributed by atoms with Crippen LogP contribution in [-0.2, 0) is 16.0 Å². The number of aromatic nitrogens is 2. The van der Waals surface area contributed by atoms with Gasteiger partial charge in [0.1, 0.15) is 18.2 Å². The third kappa shape index (κ3) is 4.20. The minimum Gasteiger partial charge on any atom is -0.394 e. The summed E-state index contributed by atoms with van der Waals surface area (Å²) >= 11 is 0. The number of carbonyl (C=O) groups is 1. The highest BCUT2D eigenvalue weighted by Gasteiger charge is 2.45. The van der Waals surface area contributed by atoms with Crippen molar-refractivity contribution in [2.24, 2.45) is 5.73 Å². The van der Waals surface area contributed by atoms with E-state index in [0.717, 1.165) is 16.2 Å². The Morgan fingerprint density at radius 3 is 2.64 bits per heavy atom. The van der Waals surface area contributed by atoms with E-state index < -0.39 is 54.3 Å². The molecular formula is C18H22N4O6. The Labute approximate surface area is 159 Å². The lowest BCUT2D eigenvalue weighted by molar-refractivity contribution is -0.124. The van der Waals surface area contributed by atoms with Gasteiger partial charge in [0, 0.05) is 12.3 Å². The molecule has 150 valence electrons. The predicted octanol–water partition coefficient (Wildman–Crippen LogP) is -2.16. The van der Waals surface area contributed by atoms with E-state index in [9.17, 15) is 24.6 Å². The Bertz CT molecular complexity index is 927. The van der Waals surface area contributed by atoms with Crippen molar-refractivity contribution in [1.82, 2.24) is 14.9 Å². The molecule has 1 aliphatic heterocycles. The van der Waals surface area contributed by atoms with Crippen LogP contribution in [0.3, 0.4) is 0 Å². The Balaban J connectivity index is 1.79. The molecule has 3 rings (SSSR count). The summed E-state index contributed by atoms with van der Waals surface area (Å²) < 4.78 is 6.56. The van der Waals surface area contributed by atoms with Crippen LogP contribution >= 0.6 is 0 Å². The van der Waals surface area contributed by atoms with Crippen molar-refractivity contribution < 1.29 is 19.7 Å². The van der Waals surface area contributed by atoms with Gasteiger partial charge in [0.2, 0.25) is 5.91 Å². The second-order valence-corrected chi connectivity index (χ2v) is 6.59.